The molecule has 2 aromatic carbocycles. The van der Waals surface area contributed by atoms with Crippen molar-refractivity contribution in [3.8, 4) is 0 Å². The molecule has 0 bridgehead atoms. The van der Waals surface area contributed by atoms with Gasteiger partial charge in [-0.3, -0.25) is 4.79 Å². The van der Waals surface area contributed by atoms with Gasteiger partial charge in [0.15, 0.2) is 0 Å². The Hall–Kier alpha value is -2.62. The van der Waals surface area contributed by atoms with Crippen molar-refractivity contribution in [1.82, 2.24) is 14.5 Å². The second kappa shape index (κ2) is 8.49. The van der Waals surface area contributed by atoms with E-state index in [1.165, 1.54) is 4.31 Å². The Bertz CT molecular complexity index is 1220. The maximum Gasteiger partial charge on any atom is 0.286 e. The van der Waals surface area contributed by atoms with E-state index in [9.17, 15) is 13.2 Å². The van der Waals surface area contributed by atoms with Crippen LogP contribution >= 0.6 is 11.3 Å². The largest absolute Gasteiger partial charge is 0.320 e. The third-order valence-corrected chi connectivity index (χ3v) is 8.44. The van der Waals surface area contributed by atoms with Gasteiger partial charge in [0.1, 0.15) is 5.01 Å². The zero-order valence-electron chi connectivity index (χ0n) is 17.6. The number of rotatable bonds is 5. The summed E-state index contributed by atoms with van der Waals surface area (Å²) < 4.78 is 28.2. The third kappa shape index (κ3) is 4.39. The lowest BCUT2D eigenvalue weighted by molar-refractivity contribution is 0.102. The maximum atomic E-state index is 13.4. The van der Waals surface area contributed by atoms with E-state index >= 15 is 0 Å². The Balaban J connectivity index is 1.56. The van der Waals surface area contributed by atoms with Gasteiger partial charge in [0.2, 0.25) is 15.0 Å². The van der Waals surface area contributed by atoms with E-state index in [1.807, 2.05) is 57.2 Å². The molecule has 1 aliphatic heterocycles. The second-order valence-electron chi connectivity index (χ2n) is 7.81. The molecule has 1 aliphatic rings. The normalized spacial score (nSPS) is 17.1. The summed E-state index contributed by atoms with van der Waals surface area (Å²) in [6.45, 7) is 6.14. The number of nitrogens with zero attached hydrogens (tertiary/aromatic N) is 3. The maximum absolute atomic E-state index is 13.4. The van der Waals surface area contributed by atoms with Gasteiger partial charge in [-0.2, -0.15) is 4.31 Å². The van der Waals surface area contributed by atoms with Crippen molar-refractivity contribution in [1.29, 1.82) is 0 Å². The van der Waals surface area contributed by atoms with Crippen LogP contribution in [0.5, 0.6) is 0 Å². The zero-order valence-corrected chi connectivity index (χ0v) is 19.3. The van der Waals surface area contributed by atoms with E-state index in [0.717, 1.165) is 34.4 Å². The molecule has 1 atom stereocenters. The highest BCUT2D eigenvalue weighted by molar-refractivity contribution is 7.89. The van der Waals surface area contributed by atoms with Gasteiger partial charge < -0.3 is 5.32 Å². The van der Waals surface area contributed by atoms with Gasteiger partial charge in [-0.25, -0.2) is 8.42 Å². The molecule has 1 N–H and O–H groups in total. The molecule has 0 saturated carbocycles. The van der Waals surface area contributed by atoms with Crippen LogP contribution in [0.2, 0.25) is 0 Å². The van der Waals surface area contributed by atoms with E-state index < -0.39 is 16.1 Å². The summed E-state index contributed by atoms with van der Waals surface area (Å²) in [5, 5.41) is 11.8. The van der Waals surface area contributed by atoms with Gasteiger partial charge >= 0.3 is 0 Å². The summed E-state index contributed by atoms with van der Waals surface area (Å²) in [6.07, 6.45) is 1.39. The lowest BCUT2D eigenvalue weighted by Crippen LogP contribution is -2.31. The summed E-state index contributed by atoms with van der Waals surface area (Å²) in [4.78, 5) is 12.9. The Morgan fingerprint density at radius 1 is 1.06 bits per heavy atom. The first kappa shape index (κ1) is 21.6. The fourth-order valence-electron chi connectivity index (χ4n) is 3.77. The first-order chi connectivity index (χ1) is 14.8. The molecule has 2 heterocycles. The summed E-state index contributed by atoms with van der Waals surface area (Å²) in [5.41, 5.74) is 3.51. The third-order valence-electron chi connectivity index (χ3n) is 5.35. The van der Waals surface area contributed by atoms with Crippen LogP contribution in [-0.2, 0) is 10.0 Å². The first-order valence-corrected chi connectivity index (χ1v) is 12.3. The fraction of sp³-hybridized carbons (Fsp3) is 0.318. The van der Waals surface area contributed by atoms with Crippen LogP contribution in [0, 0.1) is 20.8 Å². The predicted octanol–water partition coefficient (Wildman–Crippen LogP) is 4.24. The number of aryl methyl sites for hydroxylation is 3. The smallest absolute Gasteiger partial charge is 0.286 e. The van der Waals surface area contributed by atoms with Gasteiger partial charge in [0, 0.05) is 12.2 Å². The summed E-state index contributed by atoms with van der Waals surface area (Å²) in [7, 11) is -3.68. The number of aromatic nitrogens is 2. The molecule has 1 amide bonds. The Kier molecular flexibility index (Phi) is 5.92. The van der Waals surface area contributed by atoms with Gasteiger partial charge in [-0.05, 0) is 57.4 Å². The van der Waals surface area contributed by atoms with Gasteiger partial charge in [-0.1, -0.05) is 46.7 Å². The number of anilines is 1. The molecule has 9 heteroatoms. The average molecular weight is 457 g/mol. The van der Waals surface area contributed by atoms with E-state index in [-0.39, 0.29) is 10.9 Å². The van der Waals surface area contributed by atoms with Crippen molar-refractivity contribution in [2.45, 2.75) is 44.6 Å². The van der Waals surface area contributed by atoms with Crippen molar-refractivity contribution in [3.05, 3.63) is 69.2 Å². The summed E-state index contributed by atoms with van der Waals surface area (Å²) in [5.74, 6) is -0.352. The average Bonchev–Trinajstić information content (AvgIpc) is 3.39. The Morgan fingerprint density at radius 2 is 1.77 bits per heavy atom. The summed E-state index contributed by atoms with van der Waals surface area (Å²) >= 11 is 1.14. The molecule has 7 nitrogen and oxygen atoms in total. The van der Waals surface area contributed by atoms with Crippen LogP contribution < -0.4 is 5.32 Å². The van der Waals surface area contributed by atoms with E-state index in [2.05, 4.69) is 15.5 Å². The standard InChI is InChI=1S/C22H24N4O3S2/c1-14-6-9-17(10-7-14)23-20(27)22-25-24-21(30-22)18-5-4-12-26(18)31(28,29)19-11-8-15(2)13-16(19)3/h6-11,13,18H,4-5,12H2,1-3H3,(H,23,27)/t18-/m0/s1. The monoisotopic (exact) mass is 456 g/mol. The van der Waals surface area contributed by atoms with Crippen molar-refractivity contribution in [2.75, 3.05) is 11.9 Å². The molecule has 0 radical (unpaired) electrons. The molecular formula is C22H24N4O3S2. The van der Waals surface area contributed by atoms with Crippen LogP contribution in [0.15, 0.2) is 47.4 Å². The summed E-state index contributed by atoms with van der Waals surface area (Å²) in [6, 6.07) is 12.4. The lowest BCUT2D eigenvalue weighted by Gasteiger charge is -2.23. The van der Waals surface area contributed by atoms with Crippen LogP contribution in [-0.4, -0.2) is 35.4 Å². The van der Waals surface area contributed by atoms with Gasteiger partial charge in [0.25, 0.3) is 5.91 Å². The van der Waals surface area contributed by atoms with Crippen molar-refractivity contribution in [2.24, 2.45) is 0 Å². The number of hydrogen-bond donors (Lipinski definition) is 1. The SMILES string of the molecule is Cc1ccc(NC(=O)c2nnc([C@@H]3CCCN3S(=O)(=O)c3ccc(C)cc3C)s2)cc1. The molecule has 0 aliphatic carbocycles. The minimum absolute atomic E-state index is 0.214. The molecule has 1 saturated heterocycles. The lowest BCUT2D eigenvalue weighted by atomic mass is 10.2. The molecular weight excluding hydrogens is 432 g/mol. The number of nitrogens with one attached hydrogen (secondary N) is 1. The fourth-order valence-corrected chi connectivity index (χ4v) is 6.59. The van der Waals surface area contributed by atoms with Gasteiger partial charge in [-0.15, -0.1) is 10.2 Å². The Morgan fingerprint density at radius 3 is 2.48 bits per heavy atom. The Labute approximate surface area is 186 Å². The van der Waals surface area contributed by atoms with Crippen LogP contribution in [0.3, 0.4) is 0 Å². The highest BCUT2D eigenvalue weighted by Crippen LogP contribution is 2.38. The predicted molar refractivity (Wildman–Crippen MR) is 121 cm³/mol. The van der Waals surface area contributed by atoms with Crippen molar-refractivity contribution in [3.63, 3.8) is 0 Å². The molecule has 1 aromatic heterocycles. The number of benzene rings is 2. The molecule has 0 spiro atoms. The van der Waals surface area contributed by atoms with Gasteiger partial charge in [0.05, 0.1) is 10.9 Å². The van der Waals surface area contributed by atoms with Crippen LogP contribution in [0.4, 0.5) is 5.69 Å². The van der Waals surface area contributed by atoms with E-state index in [0.29, 0.717) is 28.6 Å². The van der Waals surface area contributed by atoms with Crippen molar-refractivity contribution >= 4 is 33.0 Å². The molecule has 3 aromatic rings. The number of amides is 1. The molecule has 4 rings (SSSR count). The zero-order chi connectivity index (χ0) is 22.2. The second-order valence-corrected chi connectivity index (χ2v) is 10.7. The van der Waals surface area contributed by atoms with E-state index in [1.54, 1.807) is 6.07 Å². The first-order valence-electron chi connectivity index (χ1n) is 10.1. The minimum atomic E-state index is -3.68. The van der Waals surface area contributed by atoms with E-state index in [4.69, 9.17) is 0 Å². The molecule has 31 heavy (non-hydrogen) atoms. The number of hydrogen-bond acceptors (Lipinski definition) is 6. The van der Waals surface area contributed by atoms with Crippen LogP contribution in [0.25, 0.3) is 0 Å². The van der Waals surface area contributed by atoms with Crippen molar-refractivity contribution < 1.29 is 13.2 Å². The molecule has 0 unspecified atom stereocenters. The topological polar surface area (TPSA) is 92.3 Å². The number of carbonyl (C=O) groups is 1. The molecule has 162 valence electrons. The quantitative estimate of drug-likeness (QED) is 0.620. The highest BCUT2D eigenvalue weighted by atomic mass is 32.2. The minimum Gasteiger partial charge on any atom is -0.320 e. The van der Waals surface area contributed by atoms with Crippen LogP contribution in [0.1, 0.15) is 50.4 Å². The highest BCUT2D eigenvalue weighted by Gasteiger charge is 2.39. The number of sulfonamides is 1. The molecule has 1 fully saturated rings. The number of carbonyl (C=O) groups excluding carboxylic acids is 1.